The van der Waals surface area contributed by atoms with Crippen LogP contribution in [0.25, 0.3) is 11.0 Å². The van der Waals surface area contributed by atoms with Crippen LogP contribution >= 0.6 is 0 Å². The lowest BCUT2D eigenvalue weighted by atomic mass is 10.0. The van der Waals surface area contributed by atoms with Crippen LogP contribution in [0.15, 0.2) is 66.9 Å². The fourth-order valence-electron chi connectivity index (χ4n) is 5.84. The van der Waals surface area contributed by atoms with Gasteiger partial charge in [0.05, 0.1) is 42.3 Å². The van der Waals surface area contributed by atoms with Crippen LogP contribution in [0.4, 0.5) is 15.4 Å². The van der Waals surface area contributed by atoms with Crippen LogP contribution in [0.5, 0.6) is 0 Å². The predicted octanol–water partition coefficient (Wildman–Crippen LogP) is 5.64. The van der Waals surface area contributed by atoms with Gasteiger partial charge in [-0.1, -0.05) is 30.3 Å². The summed E-state index contributed by atoms with van der Waals surface area (Å²) in [5, 5.41) is 10.7. The van der Waals surface area contributed by atoms with Gasteiger partial charge in [0.15, 0.2) is 0 Å². The molecule has 51 heavy (non-hydrogen) atoms. The number of hydrogen-bond donors (Lipinski definition) is 2. The van der Waals surface area contributed by atoms with Gasteiger partial charge in [-0.15, -0.1) is 0 Å². The highest BCUT2D eigenvalue weighted by Gasteiger charge is 2.35. The summed E-state index contributed by atoms with van der Waals surface area (Å²) in [6.45, 7) is 9.95. The maximum absolute atomic E-state index is 13.9. The second-order valence-corrected chi connectivity index (χ2v) is 12.5. The maximum atomic E-state index is 13.9. The molecule has 0 fully saturated rings. The molecule has 1 aliphatic heterocycles. The summed E-state index contributed by atoms with van der Waals surface area (Å²) in [4.78, 5) is 63.9. The molecule has 0 radical (unpaired) electrons. The van der Waals surface area contributed by atoms with Crippen molar-refractivity contribution in [3.8, 4) is 0 Å². The summed E-state index contributed by atoms with van der Waals surface area (Å²) >= 11 is 0. The Morgan fingerprint density at radius 3 is 2.35 bits per heavy atom. The smallest absolute Gasteiger partial charge is 0.413 e. The first-order valence-electron chi connectivity index (χ1n) is 17.0. The fraction of sp³-hybridized carbons (Fsp3) is 0.378. The Morgan fingerprint density at radius 1 is 0.961 bits per heavy atom. The van der Waals surface area contributed by atoms with E-state index in [9.17, 15) is 19.2 Å². The normalized spacial score (nSPS) is 13.9. The lowest BCUT2D eigenvalue weighted by Crippen LogP contribution is -2.44. The molecule has 1 aliphatic rings. The van der Waals surface area contributed by atoms with E-state index in [1.54, 1.807) is 88.2 Å². The molecule has 2 aromatic carbocycles. The number of nitrogens with zero attached hydrogens (tertiary/aromatic N) is 5. The predicted molar refractivity (Wildman–Crippen MR) is 190 cm³/mol. The molecule has 14 heteroatoms. The Balaban J connectivity index is 1.44. The van der Waals surface area contributed by atoms with E-state index in [-0.39, 0.29) is 43.5 Å². The number of ether oxygens (including phenoxy) is 3. The number of fused-ring (bicyclic) bond motifs is 3. The number of benzene rings is 2. The molecule has 0 bridgehead atoms. The number of amides is 3. The van der Waals surface area contributed by atoms with Crippen molar-refractivity contribution >= 4 is 46.7 Å². The summed E-state index contributed by atoms with van der Waals surface area (Å²) in [6, 6.07) is 17.1. The first-order chi connectivity index (χ1) is 24.4. The molecule has 3 heterocycles. The highest BCUT2D eigenvalue weighted by Crippen LogP contribution is 2.33. The molecule has 0 saturated carbocycles. The lowest BCUT2D eigenvalue weighted by molar-refractivity contribution is -0.142. The second-order valence-electron chi connectivity index (χ2n) is 12.5. The van der Waals surface area contributed by atoms with E-state index in [0.29, 0.717) is 47.8 Å². The number of carbonyl (C=O) groups is 4. The van der Waals surface area contributed by atoms with Gasteiger partial charge in [0.1, 0.15) is 17.5 Å². The van der Waals surface area contributed by atoms with E-state index in [2.05, 4.69) is 14.9 Å². The molecule has 2 aromatic heterocycles. The molecule has 5 rings (SSSR count). The third-order valence-electron chi connectivity index (χ3n) is 8.09. The topological polar surface area (TPSA) is 169 Å². The molecule has 4 aromatic rings. The molecule has 2 N–H and O–H groups in total. The number of rotatable bonds is 11. The zero-order valence-corrected chi connectivity index (χ0v) is 29.4. The Kier molecular flexibility index (Phi) is 11.6. The van der Waals surface area contributed by atoms with E-state index < -0.39 is 24.2 Å². The SMILES string of the molecule is CCOC(=O)CCN(C(=O)c1ccc2c(c1)nc1n2CCN(C(=O)OC(C)C)C1Cc1ccc(C(=N)NC(=O)OC(C)C)cc1)c1ccccn1. The molecule has 14 nitrogen and oxygen atoms in total. The van der Waals surface area contributed by atoms with Crippen LogP contribution in [-0.2, 0) is 32.0 Å². The van der Waals surface area contributed by atoms with Crippen molar-refractivity contribution in [2.45, 2.75) is 72.3 Å². The van der Waals surface area contributed by atoms with Crippen molar-refractivity contribution in [3.63, 3.8) is 0 Å². The quantitative estimate of drug-likeness (QED) is 0.0872. The first kappa shape index (κ1) is 36.5. The van der Waals surface area contributed by atoms with Gasteiger partial charge in [-0.05, 0) is 70.5 Å². The zero-order chi connectivity index (χ0) is 36.7. The second kappa shape index (κ2) is 16.3. The molecule has 3 amide bonds. The van der Waals surface area contributed by atoms with Crippen LogP contribution in [0.3, 0.4) is 0 Å². The summed E-state index contributed by atoms with van der Waals surface area (Å²) in [5.74, 6) is 0.193. The first-order valence-corrected chi connectivity index (χ1v) is 17.0. The van der Waals surface area contributed by atoms with Gasteiger partial charge < -0.3 is 18.8 Å². The third kappa shape index (κ3) is 8.87. The van der Waals surface area contributed by atoms with Crippen LogP contribution in [-0.4, -0.2) is 81.2 Å². The minimum absolute atomic E-state index is 0.00443. The number of hydrogen-bond acceptors (Lipinski definition) is 10. The number of amidine groups is 1. The fourth-order valence-corrected chi connectivity index (χ4v) is 5.84. The van der Waals surface area contributed by atoms with E-state index in [0.717, 1.165) is 11.1 Å². The van der Waals surface area contributed by atoms with Gasteiger partial charge in [-0.25, -0.2) is 19.6 Å². The monoisotopic (exact) mass is 697 g/mol. The van der Waals surface area contributed by atoms with E-state index in [1.165, 1.54) is 4.90 Å². The van der Waals surface area contributed by atoms with Crippen molar-refractivity contribution in [1.29, 1.82) is 5.41 Å². The molecule has 0 spiro atoms. The summed E-state index contributed by atoms with van der Waals surface area (Å²) < 4.78 is 17.8. The van der Waals surface area contributed by atoms with Crippen LogP contribution in [0.1, 0.15) is 74.4 Å². The van der Waals surface area contributed by atoms with Gasteiger partial charge in [0.25, 0.3) is 5.91 Å². The minimum atomic E-state index is -0.703. The highest BCUT2D eigenvalue weighted by atomic mass is 16.6. The third-order valence-corrected chi connectivity index (χ3v) is 8.09. The van der Waals surface area contributed by atoms with Crippen LogP contribution in [0, 0.1) is 5.41 Å². The van der Waals surface area contributed by atoms with Gasteiger partial charge in [0, 0.05) is 43.4 Å². The summed E-state index contributed by atoms with van der Waals surface area (Å²) in [5.41, 5.74) is 3.11. The molecule has 1 atom stereocenters. The van der Waals surface area contributed by atoms with E-state index in [4.69, 9.17) is 24.6 Å². The zero-order valence-electron chi connectivity index (χ0n) is 29.4. The number of carbonyl (C=O) groups excluding carboxylic acids is 4. The van der Waals surface area contributed by atoms with E-state index >= 15 is 0 Å². The van der Waals surface area contributed by atoms with Gasteiger partial charge in [-0.2, -0.15) is 0 Å². The van der Waals surface area contributed by atoms with Crippen molar-refractivity contribution in [2.24, 2.45) is 0 Å². The maximum Gasteiger partial charge on any atom is 0.413 e. The Bertz CT molecular complexity index is 1890. The van der Waals surface area contributed by atoms with Crippen LogP contribution in [0.2, 0.25) is 0 Å². The molecule has 0 saturated heterocycles. The molecular formula is C37H43N7O7. The van der Waals surface area contributed by atoms with Crippen LogP contribution < -0.4 is 10.2 Å². The Morgan fingerprint density at radius 2 is 1.69 bits per heavy atom. The average molecular weight is 698 g/mol. The van der Waals surface area contributed by atoms with Gasteiger partial charge >= 0.3 is 18.2 Å². The minimum Gasteiger partial charge on any atom is -0.466 e. The molecule has 268 valence electrons. The number of anilines is 1. The van der Waals surface area contributed by atoms with Crippen molar-refractivity contribution in [1.82, 2.24) is 24.8 Å². The molecule has 1 unspecified atom stereocenters. The number of esters is 1. The standard InChI is InChI=1S/C37H43N7O7/c1-6-49-32(45)16-18-44(31-9-7-8-17-39-31)35(46)27-14-15-29-28(22-27)40-34-30(43(20-19-42(29)34)37(48)51-24(4)5)21-25-10-12-26(13-11-25)33(38)41-36(47)50-23(2)3/h7-15,17,22-24,30H,6,16,18-21H2,1-5H3,(H2,38,41,47). The highest BCUT2D eigenvalue weighted by molar-refractivity contribution is 6.07. The van der Waals surface area contributed by atoms with Crippen molar-refractivity contribution < 1.29 is 33.4 Å². The average Bonchev–Trinajstić information content (AvgIpc) is 3.47. The molecule has 0 aliphatic carbocycles. The number of imidazole rings is 1. The number of alkyl carbamates (subject to hydrolysis) is 1. The lowest BCUT2D eigenvalue weighted by Gasteiger charge is -2.36. The Hall–Kier alpha value is -5.79. The number of pyridine rings is 1. The van der Waals surface area contributed by atoms with Gasteiger partial charge in [-0.3, -0.25) is 30.1 Å². The van der Waals surface area contributed by atoms with Crippen molar-refractivity contribution in [3.05, 3.63) is 89.4 Å². The van der Waals surface area contributed by atoms with Gasteiger partial charge in [0.2, 0.25) is 0 Å². The number of aromatic nitrogens is 3. The summed E-state index contributed by atoms with van der Waals surface area (Å²) in [7, 11) is 0. The van der Waals surface area contributed by atoms with Crippen molar-refractivity contribution in [2.75, 3.05) is 24.6 Å². The largest absolute Gasteiger partial charge is 0.466 e. The number of nitrogens with one attached hydrogen (secondary N) is 2. The van der Waals surface area contributed by atoms with E-state index in [1.807, 2.05) is 18.2 Å². The Labute approximate surface area is 296 Å². The molecular weight excluding hydrogens is 654 g/mol. The summed E-state index contributed by atoms with van der Waals surface area (Å²) in [6.07, 6.45) is 0.180.